The first-order chi connectivity index (χ1) is 15.0. The molecule has 0 aliphatic carbocycles. The number of nitrogens with zero attached hydrogens (tertiary/aromatic N) is 3. The zero-order chi connectivity index (χ0) is 21.5. The number of rotatable bonds is 3. The van der Waals surface area contributed by atoms with E-state index in [1.165, 1.54) is 22.8 Å². The van der Waals surface area contributed by atoms with Gasteiger partial charge in [0, 0.05) is 12.5 Å². The maximum absolute atomic E-state index is 12.9. The van der Waals surface area contributed by atoms with Crippen molar-refractivity contribution in [1.82, 2.24) is 14.6 Å². The lowest BCUT2D eigenvalue weighted by Gasteiger charge is -2.22. The summed E-state index contributed by atoms with van der Waals surface area (Å²) in [6.07, 6.45) is 3.68. The van der Waals surface area contributed by atoms with E-state index in [0.717, 1.165) is 16.9 Å². The minimum absolute atomic E-state index is 0.178. The summed E-state index contributed by atoms with van der Waals surface area (Å²) in [5, 5.41) is 4.36. The third kappa shape index (κ3) is 3.51. The van der Waals surface area contributed by atoms with Crippen molar-refractivity contribution in [3.63, 3.8) is 0 Å². The van der Waals surface area contributed by atoms with Crippen LogP contribution in [0.5, 0.6) is 11.5 Å². The zero-order valence-electron chi connectivity index (χ0n) is 16.7. The van der Waals surface area contributed by atoms with Gasteiger partial charge < -0.3 is 9.47 Å². The number of hydrogen-bond donors (Lipinski definition) is 0. The molecule has 1 atom stereocenters. The molecule has 154 valence electrons. The maximum atomic E-state index is 12.9. The molecule has 7 nitrogen and oxygen atoms in total. The molecule has 4 aromatic rings. The fourth-order valence-electron chi connectivity index (χ4n) is 3.42. The Kier molecular flexibility index (Phi) is 4.63. The van der Waals surface area contributed by atoms with Gasteiger partial charge in [0.1, 0.15) is 17.6 Å². The Hall–Kier alpha value is -3.78. The van der Waals surface area contributed by atoms with Crippen molar-refractivity contribution in [3.8, 4) is 22.9 Å². The quantitative estimate of drug-likeness (QED) is 0.366. The average Bonchev–Trinajstić information content (AvgIpc) is 3.28. The lowest BCUT2D eigenvalue weighted by atomic mass is 10.0. The minimum Gasteiger partial charge on any atom is -0.485 e. The first-order valence-electron chi connectivity index (χ1n) is 9.66. The van der Waals surface area contributed by atoms with Crippen LogP contribution in [-0.4, -0.2) is 26.7 Å². The van der Waals surface area contributed by atoms with Crippen LogP contribution < -0.4 is 19.6 Å². The molecule has 8 heteroatoms. The third-order valence-corrected chi connectivity index (χ3v) is 5.83. The van der Waals surface area contributed by atoms with Gasteiger partial charge in [0.25, 0.3) is 5.56 Å². The molecule has 5 rings (SSSR count). The van der Waals surface area contributed by atoms with Gasteiger partial charge in [-0.1, -0.05) is 41.7 Å². The molecule has 0 N–H and O–H groups in total. The topological polar surface area (TPSA) is 82.8 Å². The molecule has 0 fully saturated rings. The van der Waals surface area contributed by atoms with Crippen molar-refractivity contribution >= 4 is 34.4 Å². The molecule has 1 aliphatic heterocycles. The SMILES string of the molecule is CC(=O)Oc1ccccc1-c1nc2sc(=CC3=Cc4ccccc4OC3C)c(=O)n2n1. The second-order valence-electron chi connectivity index (χ2n) is 7.08. The van der Waals surface area contributed by atoms with Gasteiger partial charge >= 0.3 is 5.97 Å². The molecule has 0 radical (unpaired) electrons. The normalized spacial score (nSPS) is 16.0. The van der Waals surface area contributed by atoms with Crippen molar-refractivity contribution in [2.45, 2.75) is 20.0 Å². The van der Waals surface area contributed by atoms with Crippen LogP contribution in [0.15, 0.2) is 58.9 Å². The summed E-state index contributed by atoms with van der Waals surface area (Å²) >= 11 is 1.25. The van der Waals surface area contributed by atoms with Gasteiger partial charge in [-0.25, -0.2) is 0 Å². The van der Waals surface area contributed by atoms with Crippen LogP contribution in [0, 0.1) is 0 Å². The van der Waals surface area contributed by atoms with E-state index in [2.05, 4.69) is 10.1 Å². The van der Waals surface area contributed by atoms with Crippen LogP contribution in [0.1, 0.15) is 19.4 Å². The molecule has 0 spiro atoms. The Morgan fingerprint density at radius 2 is 1.97 bits per heavy atom. The summed E-state index contributed by atoms with van der Waals surface area (Å²) in [6, 6.07) is 14.7. The Labute approximate surface area is 180 Å². The maximum Gasteiger partial charge on any atom is 0.308 e. The summed E-state index contributed by atoms with van der Waals surface area (Å²) in [6.45, 7) is 3.28. The number of thiazole rings is 1. The Bertz CT molecular complexity index is 1470. The lowest BCUT2D eigenvalue weighted by Crippen LogP contribution is -2.26. The smallest absolute Gasteiger partial charge is 0.308 e. The monoisotopic (exact) mass is 431 g/mol. The van der Waals surface area contributed by atoms with E-state index < -0.39 is 5.97 Å². The van der Waals surface area contributed by atoms with Crippen LogP contribution in [-0.2, 0) is 4.79 Å². The molecule has 0 saturated carbocycles. The number of carbonyl (C=O) groups excluding carboxylic acids is 1. The minimum atomic E-state index is -0.437. The third-order valence-electron chi connectivity index (χ3n) is 4.88. The number of para-hydroxylation sites is 2. The van der Waals surface area contributed by atoms with Crippen LogP contribution in [0.25, 0.3) is 28.5 Å². The summed E-state index contributed by atoms with van der Waals surface area (Å²) in [7, 11) is 0. The van der Waals surface area contributed by atoms with Crippen molar-refractivity contribution < 1.29 is 14.3 Å². The largest absolute Gasteiger partial charge is 0.485 e. The summed E-state index contributed by atoms with van der Waals surface area (Å²) in [5.41, 5.74) is 2.17. The van der Waals surface area contributed by atoms with Gasteiger partial charge in [-0.3, -0.25) is 9.59 Å². The highest BCUT2D eigenvalue weighted by molar-refractivity contribution is 7.15. The van der Waals surface area contributed by atoms with E-state index in [1.807, 2.05) is 43.3 Å². The van der Waals surface area contributed by atoms with Gasteiger partial charge in [0.05, 0.1) is 10.1 Å². The molecular formula is C23H17N3O4S. The van der Waals surface area contributed by atoms with Crippen LogP contribution in [0.2, 0.25) is 0 Å². The number of esters is 1. The highest BCUT2D eigenvalue weighted by Gasteiger charge is 2.19. The second-order valence-corrected chi connectivity index (χ2v) is 8.09. The number of fused-ring (bicyclic) bond motifs is 2. The average molecular weight is 431 g/mol. The first-order valence-corrected chi connectivity index (χ1v) is 10.5. The van der Waals surface area contributed by atoms with E-state index in [-0.39, 0.29) is 11.7 Å². The Morgan fingerprint density at radius 1 is 1.19 bits per heavy atom. The van der Waals surface area contributed by atoms with Gasteiger partial charge in [-0.05, 0) is 42.8 Å². The highest BCUT2D eigenvalue weighted by atomic mass is 32.1. The predicted octanol–water partition coefficient (Wildman–Crippen LogP) is 3.11. The Morgan fingerprint density at radius 3 is 2.77 bits per heavy atom. The van der Waals surface area contributed by atoms with E-state index in [9.17, 15) is 9.59 Å². The van der Waals surface area contributed by atoms with E-state index >= 15 is 0 Å². The first kappa shape index (κ1) is 19.2. The molecule has 0 bridgehead atoms. The molecular weight excluding hydrogens is 414 g/mol. The fourth-order valence-corrected chi connectivity index (χ4v) is 4.32. The number of aromatic nitrogens is 3. The highest BCUT2D eigenvalue weighted by Crippen LogP contribution is 2.30. The van der Waals surface area contributed by atoms with E-state index in [4.69, 9.17) is 9.47 Å². The van der Waals surface area contributed by atoms with E-state index in [1.54, 1.807) is 24.3 Å². The number of carbonyl (C=O) groups is 1. The predicted molar refractivity (Wildman–Crippen MR) is 118 cm³/mol. The van der Waals surface area contributed by atoms with Crippen LogP contribution in [0.4, 0.5) is 0 Å². The molecule has 2 aromatic heterocycles. The summed E-state index contributed by atoms with van der Waals surface area (Å²) < 4.78 is 13.0. The molecule has 2 aromatic carbocycles. The second kappa shape index (κ2) is 7.48. The molecule has 0 amide bonds. The van der Waals surface area contributed by atoms with Gasteiger partial charge in [0.15, 0.2) is 5.82 Å². The van der Waals surface area contributed by atoms with Crippen molar-refractivity contribution in [1.29, 1.82) is 0 Å². The Balaban J connectivity index is 1.57. The molecule has 0 saturated heterocycles. The summed E-state index contributed by atoms with van der Waals surface area (Å²) in [5.74, 6) is 1.07. The van der Waals surface area contributed by atoms with E-state index in [0.29, 0.717) is 26.6 Å². The van der Waals surface area contributed by atoms with Gasteiger partial charge in [0.2, 0.25) is 4.96 Å². The lowest BCUT2D eigenvalue weighted by molar-refractivity contribution is -0.131. The van der Waals surface area contributed by atoms with Crippen molar-refractivity contribution in [3.05, 3.63) is 74.6 Å². The number of benzene rings is 2. The fraction of sp³-hybridized carbons (Fsp3) is 0.130. The molecule has 31 heavy (non-hydrogen) atoms. The van der Waals surface area contributed by atoms with Gasteiger partial charge in [-0.15, -0.1) is 5.10 Å². The van der Waals surface area contributed by atoms with Crippen LogP contribution in [0.3, 0.4) is 0 Å². The number of ether oxygens (including phenoxy) is 2. The van der Waals surface area contributed by atoms with Crippen molar-refractivity contribution in [2.24, 2.45) is 0 Å². The molecule has 1 aliphatic rings. The molecule has 1 unspecified atom stereocenters. The van der Waals surface area contributed by atoms with Crippen molar-refractivity contribution in [2.75, 3.05) is 0 Å². The van der Waals surface area contributed by atoms with Gasteiger partial charge in [-0.2, -0.15) is 9.50 Å². The van der Waals surface area contributed by atoms with Crippen LogP contribution >= 0.6 is 11.3 Å². The zero-order valence-corrected chi connectivity index (χ0v) is 17.6. The standard InChI is InChI=1S/C23H17N3O4S/c1-13-16(11-15-7-3-5-9-18(15)29-13)12-20-22(28)26-23(31-20)24-21(25-26)17-8-4-6-10-19(17)30-14(2)27/h3-13H,1-2H3. The number of hydrogen-bond acceptors (Lipinski definition) is 7. The molecule has 3 heterocycles. The summed E-state index contributed by atoms with van der Waals surface area (Å²) in [4.78, 5) is 29.3.